The maximum absolute atomic E-state index is 9.89. The summed E-state index contributed by atoms with van der Waals surface area (Å²) < 4.78 is 5.37. The molecule has 1 aliphatic rings. The van der Waals surface area contributed by atoms with E-state index in [4.69, 9.17) is 4.42 Å². The third-order valence-electron chi connectivity index (χ3n) is 3.21. The molecule has 0 saturated carbocycles. The minimum absolute atomic E-state index is 0.168. The summed E-state index contributed by atoms with van der Waals surface area (Å²) in [6.07, 6.45) is 2.44. The lowest BCUT2D eigenvalue weighted by atomic mass is 10.1. The Morgan fingerprint density at radius 1 is 1.22 bits per heavy atom. The van der Waals surface area contributed by atoms with Crippen LogP contribution in [0.1, 0.15) is 18.7 Å². The Hall–Kier alpha value is -2.04. The van der Waals surface area contributed by atoms with Crippen LogP contribution >= 0.6 is 0 Å². The van der Waals surface area contributed by atoms with Crippen molar-refractivity contribution in [1.82, 2.24) is 10.2 Å². The molecular weight excluding hydrogens is 230 g/mol. The van der Waals surface area contributed by atoms with E-state index >= 15 is 0 Å². The third kappa shape index (κ3) is 1.92. The van der Waals surface area contributed by atoms with E-state index in [9.17, 15) is 5.11 Å². The second-order valence-electron chi connectivity index (χ2n) is 4.52. The molecule has 0 atom stereocenters. The number of aromatic nitrogens is 2. The van der Waals surface area contributed by atoms with Gasteiger partial charge in [-0.1, -0.05) is 0 Å². The van der Waals surface area contributed by atoms with E-state index < -0.39 is 0 Å². The molecule has 2 heterocycles. The quantitative estimate of drug-likeness (QED) is 0.880. The van der Waals surface area contributed by atoms with Crippen LogP contribution in [0.25, 0.3) is 11.5 Å². The van der Waals surface area contributed by atoms with E-state index in [2.05, 4.69) is 15.1 Å². The normalized spacial score (nSPS) is 15.3. The SMILES string of the molecule is Cc1nnc(-c2cc(N3CCCC3)ccc2O)o1. The van der Waals surface area contributed by atoms with Gasteiger partial charge in [-0.3, -0.25) is 0 Å². The molecule has 5 heteroatoms. The maximum Gasteiger partial charge on any atom is 0.251 e. The van der Waals surface area contributed by atoms with Crippen molar-refractivity contribution in [2.45, 2.75) is 19.8 Å². The van der Waals surface area contributed by atoms with E-state index in [0.29, 0.717) is 17.3 Å². The molecule has 0 radical (unpaired) electrons. The predicted molar refractivity (Wildman–Crippen MR) is 67.6 cm³/mol. The van der Waals surface area contributed by atoms with E-state index in [0.717, 1.165) is 18.8 Å². The summed E-state index contributed by atoms with van der Waals surface area (Å²) >= 11 is 0. The highest BCUT2D eigenvalue weighted by molar-refractivity contribution is 5.68. The molecule has 1 saturated heterocycles. The van der Waals surface area contributed by atoms with Gasteiger partial charge in [-0.2, -0.15) is 0 Å². The monoisotopic (exact) mass is 245 g/mol. The number of aromatic hydroxyl groups is 1. The number of hydrogen-bond acceptors (Lipinski definition) is 5. The number of hydrogen-bond donors (Lipinski definition) is 1. The van der Waals surface area contributed by atoms with Crippen molar-refractivity contribution >= 4 is 5.69 Å². The molecule has 1 fully saturated rings. The van der Waals surface area contributed by atoms with Crippen LogP contribution in [0.2, 0.25) is 0 Å². The number of benzene rings is 1. The Labute approximate surface area is 105 Å². The fourth-order valence-corrected chi connectivity index (χ4v) is 2.27. The van der Waals surface area contributed by atoms with Gasteiger partial charge in [-0.05, 0) is 31.0 Å². The topological polar surface area (TPSA) is 62.4 Å². The number of anilines is 1. The molecule has 94 valence electrons. The van der Waals surface area contributed by atoms with Crippen molar-refractivity contribution in [1.29, 1.82) is 0 Å². The van der Waals surface area contributed by atoms with E-state index in [1.165, 1.54) is 12.8 Å². The molecule has 0 bridgehead atoms. The fraction of sp³-hybridized carbons (Fsp3) is 0.385. The average molecular weight is 245 g/mol. The van der Waals surface area contributed by atoms with Crippen LogP contribution in [0.4, 0.5) is 5.69 Å². The van der Waals surface area contributed by atoms with Gasteiger partial charge in [0.15, 0.2) is 0 Å². The van der Waals surface area contributed by atoms with Gasteiger partial charge in [0.25, 0.3) is 5.89 Å². The van der Waals surface area contributed by atoms with Gasteiger partial charge in [0.05, 0.1) is 5.56 Å². The summed E-state index contributed by atoms with van der Waals surface area (Å²) in [4.78, 5) is 2.30. The molecule has 0 aliphatic carbocycles. The predicted octanol–water partition coefficient (Wildman–Crippen LogP) is 2.35. The van der Waals surface area contributed by atoms with Crippen LogP contribution in [0, 0.1) is 6.92 Å². The second-order valence-corrected chi connectivity index (χ2v) is 4.52. The zero-order valence-corrected chi connectivity index (χ0v) is 10.3. The van der Waals surface area contributed by atoms with Crippen molar-refractivity contribution in [3.63, 3.8) is 0 Å². The minimum Gasteiger partial charge on any atom is -0.507 e. The first-order valence-corrected chi connectivity index (χ1v) is 6.12. The summed E-state index contributed by atoms with van der Waals surface area (Å²) in [6, 6.07) is 5.52. The largest absolute Gasteiger partial charge is 0.507 e. The highest BCUT2D eigenvalue weighted by Crippen LogP contribution is 2.33. The first kappa shape index (κ1) is 11.1. The number of phenols is 1. The Kier molecular flexibility index (Phi) is 2.66. The third-order valence-corrected chi connectivity index (χ3v) is 3.21. The van der Waals surface area contributed by atoms with E-state index in [1.807, 2.05) is 12.1 Å². The van der Waals surface area contributed by atoms with Crippen molar-refractivity contribution in [2.24, 2.45) is 0 Å². The van der Waals surface area contributed by atoms with Gasteiger partial charge >= 0.3 is 0 Å². The van der Waals surface area contributed by atoms with Gasteiger partial charge < -0.3 is 14.4 Å². The lowest BCUT2D eigenvalue weighted by Crippen LogP contribution is -2.17. The van der Waals surface area contributed by atoms with Crippen molar-refractivity contribution < 1.29 is 9.52 Å². The van der Waals surface area contributed by atoms with Crippen LogP contribution in [-0.4, -0.2) is 28.4 Å². The summed E-state index contributed by atoms with van der Waals surface area (Å²) in [5, 5.41) is 17.6. The van der Waals surface area contributed by atoms with Gasteiger partial charge in [0.2, 0.25) is 5.89 Å². The van der Waals surface area contributed by atoms with Crippen molar-refractivity contribution in [2.75, 3.05) is 18.0 Å². The highest BCUT2D eigenvalue weighted by Gasteiger charge is 2.16. The summed E-state index contributed by atoms with van der Waals surface area (Å²) in [5.74, 6) is 1.03. The lowest BCUT2D eigenvalue weighted by molar-refractivity contribution is 0.471. The molecule has 0 amide bonds. The smallest absolute Gasteiger partial charge is 0.251 e. The Balaban J connectivity index is 2.00. The zero-order valence-electron chi connectivity index (χ0n) is 10.3. The fourth-order valence-electron chi connectivity index (χ4n) is 2.27. The first-order valence-electron chi connectivity index (χ1n) is 6.12. The Morgan fingerprint density at radius 3 is 2.67 bits per heavy atom. The molecule has 0 unspecified atom stereocenters. The van der Waals surface area contributed by atoms with Crippen LogP contribution in [0.5, 0.6) is 5.75 Å². The lowest BCUT2D eigenvalue weighted by Gasteiger charge is -2.18. The van der Waals surface area contributed by atoms with E-state index in [-0.39, 0.29) is 5.75 Å². The molecule has 2 aromatic rings. The maximum atomic E-state index is 9.89. The van der Waals surface area contributed by atoms with Crippen LogP contribution in [-0.2, 0) is 0 Å². The van der Waals surface area contributed by atoms with Crippen LogP contribution < -0.4 is 4.90 Å². The van der Waals surface area contributed by atoms with Crippen LogP contribution in [0.3, 0.4) is 0 Å². The average Bonchev–Trinajstić information content (AvgIpc) is 3.01. The molecular formula is C13H15N3O2. The Morgan fingerprint density at radius 2 is 2.00 bits per heavy atom. The first-order chi connectivity index (χ1) is 8.74. The summed E-state index contributed by atoms with van der Waals surface area (Å²) in [5.41, 5.74) is 1.69. The highest BCUT2D eigenvalue weighted by atomic mass is 16.4. The molecule has 1 aromatic carbocycles. The molecule has 3 rings (SSSR count). The molecule has 1 aromatic heterocycles. The van der Waals surface area contributed by atoms with Crippen molar-refractivity contribution in [3.8, 4) is 17.2 Å². The van der Waals surface area contributed by atoms with Gasteiger partial charge in [0.1, 0.15) is 5.75 Å². The minimum atomic E-state index is 0.168. The van der Waals surface area contributed by atoms with Crippen LogP contribution in [0.15, 0.2) is 22.6 Å². The van der Waals surface area contributed by atoms with Crippen molar-refractivity contribution in [3.05, 3.63) is 24.1 Å². The molecule has 0 spiro atoms. The molecule has 1 aliphatic heterocycles. The zero-order chi connectivity index (χ0) is 12.5. The van der Waals surface area contributed by atoms with Gasteiger partial charge in [-0.25, -0.2) is 0 Å². The number of rotatable bonds is 2. The number of nitrogens with zero attached hydrogens (tertiary/aromatic N) is 3. The Bertz CT molecular complexity index is 559. The molecule has 18 heavy (non-hydrogen) atoms. The molecule has 1 N–H and O–H groups in total. The number of phenolic OH excluding ortho intramolecular Hbond substituents is 1. The summed E-state index contributed by atoms with van der Waals surface area (Å²) in [7, 11) is 0. The molecule has 5 nitrogen and oxygen atoms in total. The standard InChI is InChI=1S/C13H15N3O2/c1-9-14-15-13(18-9)11-8-10(4-5-12(11)17)16-6-2-3-7-16/h4-5,8,17H,2-3,6-7H2,1H3. The van der Waals surface area contributed by atoms with Gasteiger partial charge in [-0.15, -0.1) is 10.2 Å². The second kappa shape index (κ2) is 4.33. The van der Waals surface area contributed by atoms with Gasteiger partial charge in [0, 0.05) is 25.7 Å². The van der Waals surface area contributed by atoms with E-state index in [1.54, 1.807) is 13.0 Å². The summed E-state index contributed by atoms with van der Waals surface area (Å²) in [6.45, 7) is 3.86. The number of aryl methyl sites for hydroxylation is 1.